The van der Waals surface area contributed by atoms with E-state index in [0.717, 1.165) is 36.2 Å². The van der Waals surface area contributed by atoms with Crippen molar-refractivity contribution in [3.63, 3.8) is 0 Å². The van der Waals surface area contributed by atoms with Crippen LogP contribution in [-0.2, 0) is 6.42 Å². The van der Waals surface area contributed by atoms with Crippen molar-refractivity contribution in [1.29, 1.82) is 0 Å². The lowest BCUT2D eigenvalue weighted by Crippen LogP contribution is -2.38. The molecule has 0 aliphatic heterocycles. The molecule has 0 unspecified atom stereocenters. The fourth-order valence-electron chi connectivity index (χ4n) is 3.22. The molecule has 0 atom stereocenters. The molecular weight excluding hydrogens is 222 g/mol. The van der Waals surface area contributed by atoms with Gasteiger partial charge in [-0.2, -0.15) is 0 Å². The summed E-state index contributed by atoms with van der Waals surface area (Å²) in [7, 11) is 0. The van der Waals surface area contributed by atoms with Crippen LogP contribution in [0, 0.1) is 18.3 Å². The Morgan fingerprint density at radius 1 is 1.33 bits per heavy atom. The van der Waals surface area contributed by atoms with Gasteiger partial charge in [0.1, 0.15) is 11.6 Å². The van der Waals surface area contributed by atoms with Gasteiger partial charge in [0, 0.05) is 18.3 Å². The van der Waals surface area contributed by atoms with Crippen LogP contribution in [0.1, 0.15) is 50.5 Å². The van der Waals surface area contributed by atoms with Gasteiger partial charge in [-0.3, -0.25) is 0 Å². The number of anilines is 1. The van der Waals surface area contributed by atoms with E-state index in [9.17, 15) is 0 Å². The van der Waals surface area contributed by atoms with Crippen LogP contribution in [0.2, 0.25) is 0 Å². The van der Waals surface area contributed by atoms with E-state index in [0.29, 0.717) is 5.41 Å². The van der Waals surface area contributed by atoms with Gasteiger partial charge >= 0.3 is 0 Å². The first-order chi connectivity index (χ1) is 8.72. The maximum absolute atomic E-state index is 4.50. The molecule has 0 radical (unpaired) electrons. The van der Waals surface area contributed by atoms with E-state index in [4.69, 9.17) is 0 Å². The molecule has 0 bridgehead atoms. The lowest BCUT2D eigenvalue weighted by molar-refractivity contribution is 0.118. The topological polar surface area (TPSA) is 37.8 Å². The Balaban J connectivity index is 1.67. The average molecular weight is 245 g/mol. The van der Waals surface area contributed by atoms with E-state index in [2.05, 4.69) is 28.3 Å². The van der Waals surface area contributed by atoms with Crippen molar-refractivity contribution in [1.82, 2.24) is 9.97 Å². The molecule has 0 saturated heterocycles. The standard InChI is InChI=1S/C15H23N3/c1-3-13-9-14(18-11(2)17-13)16-10-15(7-4-8-15)12-5-6-12/h9,12H,3-8,10H2,1-2H3,(H,16,17,18). The molecule has 1 N–H and O–H groups in total. The number of aromatic nitrogens is 2. The highest BCUT2D eigenvalue weighted by Crippen LogP contribution is 2.56. The molecule has 0 aromatic carbocycles. The number of nitrogens with zero attached hydrogens (tertiary/aromatic N) is 2. The molecule has 3 nitrogen and oxygen atoms in total. The third kappa shape index (κ3) is 2.23. The minimum absolute atomic E-state index is 0.602. The summed E-state index contributed by atoms with van der Waals surface area (Å²) < 4.78 is 0. The van der Waals surface area contributed by atoms with E-state index in [1.165, 1.54) is 32.1 Å². The third-order valence-corrected chi connectivity index (χ3v) is 4.67. The molecule has 2 saturated carbocycles. The number of hydrogen-bond acceptors (Lipinski definition) is 3. The first-order valence-corrected chi connectivity index (χ1v) is 7.30. The Hall–Kier alpha value is -1.12. The van der Waals surface area contributed by atoms with Gasteiger partial charge in [0.05, 0.1) is 0 Å². The van der Waals surface area contributed by atoms with Crippen molar-refractivity contribution in [3.05, 3.63) is 17.6 Å². The number of hydrogen-bond donors (Lipinski definition) is 1. The first kappa shape index (κ1) is 11.9. The molecule has 0 amide bonds. The van der Waals surface area contributed by atoms with Gasteiger partial charge in [-0.1, -0.05) is 13.3 Å². The molecule has 2 aliphatic carbocycles. The normalized spacial score (nSPS) is 21.4. The first-order valence-electron chi connectivity index (χ1n) is 7.30. The molecule has 2 aliphatic rings. The summed E-state index contributed by atoms with van der Waals surface area (Å²) >= 11 is 0. The number of aryl methyl sites for hydroxylation is 2. The summed E-state index contributed by atoms with van der Waals surface area (Å²) in [4.78, 5) is 8.93. The summed E-state index contributed by atoms with van der Waals surface area (Å²) in [5.41, 5.74) is 1.74. The fraction of sp³-hybridized carbons (Fsp3) is 0.733. The lowest BCUT2D eigenvalue weighted by Gasteiger charge is -2.42. The summed E-state index contributed by atoms with van der Waals surface area (Å²) in [6.45, 7) is 5.23. The molecular formula is C15H23N3. The van der Waals surface area contributed by atoms with Gasteiger partial charge in [0.15, 0.2) is 0 Å². The zero-order valence-electron chi connectivity index (χ0n) is 11.5. The quantitative estimate of drug-likeness (QED) is 0.864. The summed E-state index contributed by atoms with van der Waals surface area (Å²) in [6, 6.07) is 2.10. The van der Waals surface area contributed by atoms with Gasteiger partial charge in [-0.15, -0.1) is 0 Å². The van der Waals surface area contributed by atoms with Gasteiger partial charge in [0.2, 0.25) is 0 Å². The molecule has 3 rings (SSSR count). The summed E-state index contributed by atoms with van der Waals surface area (Å²) in [6.07, 6.45) is 8.12. The highest BCUT2D eigenvalue weighted by atomic mass is 15.0. The zero-order valence-corrected chi connectivity index (χ0v) is 11.5. The van der Waals surface area contributed by atoms with Crippen LogP contribution in [0.5, 0.6) is 0 Å². The van der Waals surface area contributed by atoms with Crippen LogP contribution < -0.4 is 5.32 Å². The second-order valence-electron chi connectivity index (χ2n) is 5.99. The van der Waals surface area contributed by atoms with Crippen LogP contribution in [-0.4, -0.2) is 16.5 Å². The summed E-state index contributed by atoms with van der Waals surface area (Å²) in [5.74, 6) is 2.89. The van der Waals surface area contributed by atoms with Gasteiger partial charge < -0.3 is 5.32 Å². The molecule has 1 aromatic heterocycles. The van der Waals surface area contributed by atoms with Crippen LogP contribution in [0.15, 0.2) is 6.07 Å². The molecule has 1 aromatic rings. The third-order valence-electron chi connectivity index (χ3n) is 4.67. The lowest BCUT2D eigenvalue weighted by atomic mass is 9.65. The highest BCUT2D eigenvalue weighted by Gasteiger charge is 2.48. The van der Waals surface area contributed by atoms with Crippen molar-refractivity contribution < 1.29 is 0 Å². The van der Waals surface area contributed by atoms with Gasteiger partial charge in [0.25, 0.3) is 0 Å². The van der Waals surface area contributed by atoms with Crippen LogP contribution in [0.4, 0.5) is 5.82 Å². The molecule has 2 fully saturated rings. The van der Waals surface area contributed by atoms with Gasteiger partial charge in [-0.05, 0) is 50.4 Å². The molecule has 3 heteroatoms. The maximum Gasteiger partial charge on any atom is 0.129 e. The monoisotopic (exact) mass is 245 g/mol. The van der Waals surface area contributed by atoms with Crippen molar-refractivity contribution in [3.8, 4) is 0 Å². The van der Waals surface area contributed by atoms with E-state index in [1.807, 2.05) is 6.92 Å². The Kier molecular flexibility index (Phi) is 3.00. The minimum atomic E-state index is 0.602. The second kappa shape index (κ2) is 4.52. The minimum Gasteiger partial charge on any atom is -0.369 e. The Labute approximate surface area is 109 Å². The van der Waals surface area contributed by atoms with Crippen LogP contribution in [0.25, 0.3) is 0 Å². The van der Waals surface area contributed by atoms with Crippen molar-refractivity contribution in [2.75, 3.05) is 11.9 Å². The SMILES string of the molecule is CCc1cc(NCC2(C3CC3)CCC2)nc(C)n1. The van der Waals surface area contributed by atoms with E-state index in [1.54, 1.807) is 0 Å². The Morgan fingerprint density at radius 2 is 2.11 bits per heavy atom. The Bertz CT molecular complexity index is 433. The number of nitrogens with one attached hydrogen (secondary N) is 1. The Morgan fingerprint density at radius 3 is 2.67 bits per heavy atom. The fourth-order valence-corrected chi connectivity index (χ4v) is 3.22. The second-order valence-corrected chi connectivity index (χ2v) is 5.99. The highest BCUT2D eigenvalue weighted by molar-refractivity contribution is 5.36. The predicted molar refractivity (Wildman–Crippen MR) is 73.6 cm³/mol. The number of rotatable bonds is 5. The van der Waals surface area contributed by atoms with Crippen molar-refractivity contribution in [2.24, 2.45) is 11.3 Å². The predicted octanol–water partition coefficient (Wildman–Crippen LogP) is 3.34. The molecule has 0 spiro atoms. The van der Waals surface area contributed by atoms with E-state index >= 15 is 0 Å². The largest absolute Gasteiger partial charge is 0.369 e. The van der Waals surface area contributed by atoms with Crippen LogP contribution in [0.3, 0.4) is 0 Å². The van der Waals surface area contributed by atoms with E-state index in [-0.39, 0.29) is 0 Å². The summed E-state index contributed by atoms with van der Waals surface area (Å²) in [5, 5.41) is 3.57. The van der Waals surface area contributed by atoms with Gasteiger partial charge in [-0.25, -0.2) is 9.97 Å². The smallest absolute Gasteiger partial charge is 0.129 e. The average Bonchev–Trinajstić information content (AvgIpc) is 3.11. The van der Waals surface area contributed by atoms with Crippen LogP contribution >= 0.6 is 0 Å². The molecule has 98 valence electrons. The van der Waals surface area contributed by atoms with Crippen molar-refractivity contribution >= 4 is 5.82 Å². The van der Waals surface area contributed by atoms with E-state index < -0.39 is 0 Å². The molecule has 18 heavy (non-hydrogen) atoms. The van der Waals surface area contributed by atoms with Crippen molar-refractivity contribution in [2.45, 2.75) is 52.4 Å². The molecule has 1 heterocycles. The zero-order chi connectivity index (χ0) is 12.6. The maximum atomic E-state index is 4.50.